The maximum absolute atomic E-state index is 13.8. The second-order valence-corrected chi connectivity index (χ2v) is 5.88. The molecule has 3 heteroatoms. The number of benzene rings is 2. The number of nitrogens with two attached hydrogens (primary N) is 1. The Morgan fingerprint density at radius 2 is 1.91 bits per heavy atom. The zero-order valence-corrected chi connectivity index (χ0v) is 12.7. The molecule has 2 N–H and O–H groups in total. The van der Waals surface area contributed by atoms with Gasteiger partial charge in [-0.15, -0.1) is 0 Å². The van der Waals surface area contributed by atoms with Crippen molar-refractivity contribution < 1.29 is 9.13 Å². The summed E-state index contributed by atoms with van der Waals surface area (Å²) >= 11 is 0. The summed E-state index contributed by atoms with van der Waals surface area (Å²) in [7, 11) is 0. The molecule has 116 valence electrons. The first kappa shape index (κ1) is 15.0. The normalized spacial score (nSPS) is 14.6. The van der Waals surface area contributed by atoms with E-state index in [2.05, 4.69) is 12.1 Å². The molecule has 0 saturated carbocycles. The molecule has 2 aromatic rings. The molecule has 0 aliphatic heterocycles. The predicted octanol–water partition coefficient (Wildman–Crippen LogP) is 3.83. The van der Waals surface area contributed by atoms with Crippen molar-refractivity contribution in [2.24, 2.45) is 5.73 Å². The molecule has 2 aromatic carbocycles. The van der Waals surface area contributed by atoms with Crippen LogP contribution in [0.15, 0.2) is 42.5 Å². The molecule has 2 nitrogen and oxygen atoms in total. The van der Waals surface area contributed by atoms with Crippen LogP contribution in [0, 0.1) is 5.82 Å². The third kappa shape index (κ3) is 3.30. The number of hydrogen-bond acceptors (Lipinski definition) is 2. The van der Waals surface area contributed by atoms with Crippen LogP contribution in [0.2, 0.25) is 0 Å². The van der Waals surface area contributed by atoms with Gasteiger partial charge in [0.05, 0.1) is 6.61 Å². The number of halogens is 1. The Hall–Kier alpha value is -1.87. The number of aryl methyl sites for hydroxylation is 2. The van der Waals surface area contributed by atoms with E-state index in [1.165, 1.54) is 30.0 Å². The number of ether oxygens (including phenoxy) is 1. The third-order valence-electron chi connectivity index (χ3n) is 4.43. The van der Waals surface area contributed by atoms with E-state index in [-0.39, 0.29) is 11.7 Å². The topological polar surface area (TPSA) is 35.2 Å². The molecule has 0 amide bonds. The Bertz CT molecular complexity index is 641. The lowest BCUT2D eigenvalue weighted by molar-refractivity contribution is 0.297. The van der Waals surface area contributed by atoms with Crippen molar-refractivity contribution >= 4 is 0 Å². The molecular formula is C19H22FNO. The highest BCUT2D eigenvalue weighted by Gasteiger charge is 2.15. The Kier molecular flexibility index (Phi) is 4.74. The minimum atomic E-state index is -0.185. The first-order chi connectivity index (χ1) is 10.8. The van der Waals surface area contributed by atoms with Crippen LogP contribution in [-0.2, 0) is 12.8 Å². The summed E-state index contributed by atoms with van der Waals surface area (Å²) in [5, 5.41) is 0. The molecule has 1 aliphatic rings. The summed E-state index contributed by atoms with van der Waals surface area (Å²) in [6.45, 7) is 0.976. The Labute approximate surface area is 131 Å². The zero-order chi connectivity index (χ0) is 15.4. The van der Waals surface area contributed by atoms with Crippen molar-refractivity contribution in [3.8, 4) is 5.75 Å². The van der Waals surface area contributed by atoms with Gasteiger partial charge in [-0.1, -0.05) is 24.3 Å². The van der Waals surface area contributed by atoms with Gasteiger partial charge in [-0.25, -0.2) is 4.39 Å². The number of hydrogen-bond donors (Lipinski definition) is 1. The minimum Gasteiger partial charge on any atom is -0.494 e. The minimum absolute atomic E-state index is 0.00405. The summed E-state index contributed by atoms with van der Waals surface area (Å²) in [4.78, 5) is 0. The molecular weight excluding hydrogens is 277 g/mol. The van der Waals surface area contributed by atoms with Gasteiger partial charge in [0.25, 0.3) is 0 Å². The summed E-state index contributed by atoms with van der Waals surface area (Å²) in [6.07, 6.45) is 4.28. The van der Waals surface area contributed by atoms with Gasteiger partial charge >= 0.3 is 0 Å². The average molecular weight is 299 g/mol. The van der Waals surface area contributed by atoms with Gasteiger partial charge < -0.3 is 10.5 Å². The molecule has 1 unspecified atom stereocenters. The van der Waals surface area contributed by atoms with Crippen LogP contribution in [-0.4, -0.2) is 13.2 Å². The fourth-order valence-corrected chi connectivity index (χ4v) is 3.16. The number of rotatable bonds is 6. The van der Waals surface area contributed by atoms with Crippen molar-refractivity contribution in [2.45, 2.75) is 31.6 Å². The highest BCUT2D eigenvalue weighted by atomic mass is 19.1. The van der Waals surface area contributed by atoms with E-state index in [4.69, 9.17) is 10.5 Å². The Balaban J connectivity index is 1.59. The van der Waals surface area contributed by atoms with Crippen LogP contribution in [0.5, 0.6) is 5.75 Å². The predicted molar refractivity (Wildman–Crippen MR) is 86.8 cm³/mol. The standard InChI is InChI=1S/C19H22FNO/c20-19-7-2-1-6-18(19)16(13-21)10-11-22-17-9-8-14-4-3-5-15(14)12-17/h1-2,6-9,12,16H,3-5,10-11,13,21H2. The highest BCUT2D eigenvalue weighted by molar-refractivity contribution is 5.38. The Morgan fingerprint density at radius 1 is 1.09 bits per heavy atom. The molecule has 0 spiro atoms. The quantitative estimate of drug-likeness (QED) is 0.880. The molecule has 22 heavy (non-hydrogen) atoms. The van der Waals surface area contributed by atoms with Crippen LogP contribution < -0.4 is 10.5 Å². The van der Waals surface area contributed by atoms with Crippen molar-refractivity contribution in [2.75, 3.05) is 13.2 Å². The summed E-state index contributed by atoms with van der Waals surface area (Å²) in [5.74, 6) is 0.719. The first-order valence-corrected chi connectivity index (χ1v) is 7.97. The smallest absolute Gasteiger partial charge is 0.126 e. The van der Waals surface area contributed by atoms with Crippen molar-refractivity contribution in [1.82, 2.24) is 0 Å². The van der Waals surface area contributed by atoms with E-state index in [1.54, 1.807) is 6.07 Å². The van der Waals surface area contributed by atoms with Gasteiger partial charge in [-0.2, -0.15) is 0 Å². The molecule has 1 aliphatic carbocycles. The van der Waals surface area contributed by atoms with Crippen LogP contribution in [0.25, 0.3) is 0 Å². The van der Waals surface area contributed by atoms with E-state index in [0.717, 1.165) is 12.2 Å². The van der Waals surface area contributed by atoms with Gasteiger partial charge in [0.15, 0.2) is 0 Å². The third-order valence-corrected chi connectivity index (χ3v) is 4.43. The van der Waals surface area contributed by atoms with Gasteiger partial charge in [-0.3, -0.25) is 0 Å². The highest BCUT2D eigenvalue weighted by Crippen LogP contribution is 2.27. The molecule has 1 atom stereocenters. The first-order valence-electron chi connectivity index (χ1n) is 7.97. The maximum Gasteiger partial charge on any atom is 0.126 e. The van der Waals surface area contributed by atoms with Crippen molar-refractivity contribution in [3.63, 3.8) is 0 Å². The molecule has 0 saturated heterocycles. The lowest BCUT2D eigenvalue weighted by atomic mass is 9.96. The largest absolute Gasteiger partial charge is 0.494 e. The van der Waals surface area contributed by atoms with E-state index >= 15 is 0 Å². The fraction of sp³-hybridized carbons (Fsp3) is 0.368. The summed E-state index contributed by atoms with van der Waals surface area (Å²) in [6, 6.07) is 13.2. The molecule has 0 heterocycles. The van der Waals surface area contributed by atoms with E-state index in [0.29, 0.717) is 25.1 Å². The molecule has 0 bridgehead atoms. The van der Waals surface area contributed by atoms with Crippen LogP contribution in [0.3, 0.4) is 0 Å². The molecule has 0 fully saturated rings. The average Bonchev–Trinajstić information content (AvgIpc) is 3.00. The van der Waals surface area contributed by atoms with Crippen LogP contribution in [0.4, 0.5) is 4.39 Å². The fourth-order valence-electron chi connectivity index (χ4n) is 3.16. The van der Waals surface area contributed by atoms with E-state index in [1.807, 2.05) is 18.2 Å². The second kappa shape index (κ2) is 6.93. The molecule has 0 aromatic heterocycles. The van der Waals surface area contributed by atoms with Gasteiger partial charge in [0.2, 0.25) is 0 Å². The van der Waals surface area contributed by atoms with Crippen LogP contribution in [0.1, 0.15) is 35.4 Å². The molecule has 0 radical (unpaired) electrons. The second-order valence-electron chi connectivity index (χ2n) is 5.88. The SMILES string of the molecule is NCC(CCOc1ccc2c(c1)CCC2)c1ccccc1F. The number of fused-ring (bicyclic) bond motifs is 1. The van der Waals surface area contributed by atoms with Gasteiger partial charge in [0.1, 0.15) is 11.6 Å². The lowest BCUT2D eigenvalue weighted by Crippen LogP contribution is -2.16. The van der Waals surface area contributed by atoms with E-state index in [9.17, 15) is 4.39 Å². The van der Waals surface area contributed by atoms with Crippen molar-refractivity contribution in [3.05, 3.63) is 65.0 Å². The molecule has 3 rings (SSSR count). The van der Waals surface area contributed by atoms with Crippen LogP contribution >= 0.6 is 0 Å². The maximum atomic E-state index is 13.8. The lowest BCUT2D eigenvalue weighted by Gasteiger charge is -2.16. The van der Waals surface area contributed by atoms with E-state index < -0.39 is 0 Å². The zero-order valence-electron chi connectivity index (χ0n) is 12.7. The monoisotopic (exact) mass is 299 g/mol. The Morgan fingerprint density at radius 3 is 2.73 bits per heavy atom. The van der Waals surface area contributed by atoms with Gasteiger partial charge in [0, 0.05) is 5.92 Å². The summed E-state index contributed by atoms with van der Waals surface area (Å²) in [5.41, 5.74) is 9.34. The van der Waals surface area contributed by atoms with Gasteiger partial charge in [-0.05, 0) is 67.1 Å². The summed E-state index contributed by atoms with van der Waals surface area (Å²) < 4.78 is 19.7. The van der Waals surface area contributed by atoms with Crippen molar-refractivity contribution in [1.29, 1.82) is 0 Å².